The molecule has 8 heteroatoms. The lowest BCUT2D eigenvalue weighted by molar-refractivity contribution is -0.178. The average Bonchev–Trinajstić information content (AvgIpc) is 2.27. The second-order valence-electron chi connectivity index (χ2n) is 4.69. The average molecular weight is 305 g/mol. The molecule has 0 saturated carbocycles. The molecule has 1 rings (SSSR count). The van der Waals surface area contributed by atoms with E-state index in [1.807, 2.05) is 6.92 Å². The number of rotatable bonds is 4. The monoisotopic (exact) mass is 304 g/mol. The fraction of sp³-hybridized carbons (Fsp3) is 0.909. The van der Waals surface area contributed by atoms with Crippen LogP contribution in [0.3, 0.4) is 0 Å². The highest BCUT2D eigenvalue weighted by molar-refractivity contribution is 5.85. The number of carbonyl (C=O) groups excluding carboxylic acids is 1. The molecule has 0 aromatic heterocycles. The maximum atomic E-state index is 11.8. The van der Waals surface area contributed by atoms with Crippen molar-refractivity contribution in [2.24, 2.45) is 11.7 Å². The van der Waals surface area contributed by atoms with Crippen LogP contribution in [0, 0.1) is 5.92 Å². The van der Waals surface area contributed by atoms with Crippen molar-refractivity contribution in [3.8, 4) is 0 Å². The second-order valence-corrected chi connectivity index (χ2v) is 4.69. The summed E-state index contributed by atoms with van der Waals surface area (Å²) in [5, 5.41) is 0. The SMILES string of the molecule is CC(N)C1CCN(C(=O)COCC(F)(F)F)CC1.Cl. The van der Waals surface area contributed by atoms with Gasteiger partial charge < -0.3 is 15.4 Å². The molecular formula is C11H20ClF3N2O2. The number of carbonyl (C=O) groups is 1. The van der Waals surface area contributed by atoms with Gasteiger partial charge in [-0.15, -0.1) is 12.4 Å². The Labute approximate surface area is 116 Å². The Morgan fingerprint density at radius 1 is 1.42 bits per heavy atom. The highest BCUT2D eigenvalue weighted by Crippen LogP contribution is 2.20. The minimum atomic E-state index is -4.39. The Balaban J connectivity index is 0.00000324. The number of nitrogens with zero attached hydrogens (tertiary/aromatic N) is 1. The summed E-state index contributed by atoms with van der Waals surface area (Å²) in [6, 6.07) is 0.0868. The molecule has 1 aliphatic heterocycles. The van der Waals surface area contributed by atoms with Gasteiger partial charge in [0.1, 0.15) is 13.2 Å². The molecule has 1 unspecified atom stereocenters. The zero-order chi connectivity index (χ0) is 13.8. The van der Waals surface area contributed by atoms with Crippen molar-refractivity contribution in [2.45, 2.75) is 32.0 Å². The molecule has 1 heterocycles. The predicted octanol–water partition coefficient (Wildman–Crippen LogP) is 1.57. The number of likely N-dealkylation sites (tertiary alicyclic amines) is 1. The quantitative estimate of drug-likeness (QED) is 0.858. The van der Waals surface area contributed by atoms with Crippen molar-refractivity contribution in [3.63, 3.8) is 0 Å². The number of halogens is 4. The first-order valence-electron chi connectivity index (χ1n) is 5.97. The number of nitrogens with two attached hydrogens (primary N) is 1. The molecule has 1 aliphatic rings. The standard InChI is InChI=1S/C11H19F3N2O2.ClH/c1-8(15)9-2-4-16(5-3-9)10(17)6-18-7-11(12,13)14;/h8-9H,2-7,15H2,1H3;1H. The van der Waals surface area contributed by atoms with E-state index in [-0.39, 0.29) is 24.4 Å². The molecule has 0 aromatic rings. The van der Waals surface area contributed by atoms with Gasteiger partial charge in [-0.2, -0.15) is 13.2 Å². The highest BCUT2D eigenvalue weighted by Gasteiger charge is 2.29. The van der Waals surface area contributed by atoms with E-state index in [1.54, 1.807) is 0 Å². The molecule has 4 nitrogen and oxygen atoms in total. The maximum absolute atomic E-state index is 11.8. The van der Waals surface area contributed by atoms with Crippen molar-refractivity contribution in [3.05, 3.63) is 0 Å². The third kappa shape index (κ3) is 6.98. The molecule has 0 spiro atoms. The summed E-state index contributed by atoms with van der Waals surface area (Å²) in [6.07, 6.45) is -2.80. The molecule has 0 aromatic carbocycles. The Kier molecular flexibility index (Phi) is 7.69. The van der Waals surface area contributed by atoms with Gasteiger partial charge in [0.25, 0.3) is 0 Å². The molecule has 1 fully saturated rings. The number of alkyl halides is 3. The third-order valence-corrected chi connectivity index (χ3v) is 3.13. The van der Waals surface area contributed by atoms with E-state index >= 15 is 0 Å². The van der Waals surface area contributed by atoms with E-state index in [0.29, 0.717) is 19.0 Å². The number of ether oxygens (including phenoxy) is 1. The van der Waals surface area contributed by atoms with Gasteiger partial charge in [-0.05, 0) is 25.7 Å². The fourth-order valence-corrected chi connectivity index (χ4v) is 2.02. The molecule has 0 radical (unpaired) electrons. The Bertz CT molecular complexity index is 280. The minimum absolute atomic E-state index is 0. The first-order chi connectivity index (χ1) is 8.29. The van der Waals surface area contributed by atoms with Crippen molar-refractivity contribution in [1.82, 2.24) is 4.90 Å². The molecule has 114 valence electrons. The number of amides is 1. The van der Waals surface area contributed by atoms with E-state index in [4.69, 9.17) is 5.73 Å². The van der Waals surface area contributed by atoms with Crippen molar-refractivity contribution in [2.75, 3.05) is 26.3 Å². The first kappa shape index (κ1) is 18.5. The van der Waals surface area contributed by atoms with Gasteiger partial charge in [0, 0.05) is 19.1 Å². The van der Waals surface area contributed by atoms with Gasteiger partial charge in [0.15, 0.2) is 0 Å². The van der Waals surface area contributed by atoms with Crippen LogP contribution in [-0.2, 0) is 9.53 Å². The van der Waals surface area contributed by atoms with Crippen LogP contribution in [0.25, 0.3) is 0 Å². The Morgan fingerprint density at radius 3 is 2.37 bits per heavy atom. The zero-order valence-corrected chi connectivity index (χ0v) is 11.6. The highest BCUT2D eigenvalue weighted by atomic mass is 35.5. The van der Waals surface area contributed by atoms with Crippen LogP contribution >= 0.6 is 12.4 Å². The molecular weight excluding hydrogens is 285 g/mol. The Hall–Kier alpha value is -0.530. The van der Waals surface area contributed by atoms with Crippen molar-refractivity contribution >= 4 is 18.3 Å². The van der Waals surface area contributed by atoms with Crippen molar-refractivity contribution in [1.29, 1.82) is 0 Å². The fourth-order valence-electron chi connectivity index (χ4n) is 2.02. The van der Waals surface area contributed by atoms with Crippen LogP contribution in [0.1, 0.15) is 19.8 Å². The summed E-state index contributed by atoms with van der Waals surface area (Å²) in [5.74, 6) is -0.00693. The van der Waals surface area contributed by atoms with E-state index in [0.717, 1.165) is 12.8 Å². The molecule has 0 aliphatic carbocycles. The van der Waals surface area contributed by atoms with Crippen molar-refractivity contribution < 1.29 is 22.7 Å². The van der Waals surface area contributed by atoms with Crippen LogP contribution in [-0.4, -0.2) is 49.3 Å². The lowest BCUT2D eigenvalue weighted by Gasteiger charge is -2.33. The van der Waals surface area contributed by atoms with Gasteiger partial charge >= 0.3 is 6.18 Å². The zero-order valence-electron chi connectivity index (χ0n) is 10.8. The lowest BCUT2D eigenvalue weighted by atomic mass is 9.91. The van der Waals surface area contributed by atoms with Crippen LogP contribution in [0.4, 0.5) is 13.2 Å². The number of hydrogen-bond donors (Lipinski definition) is 1. The number of piperidine rings is 1. The van der Waals surface area contributed by atoms with E-state index in [2.05, 4.69) is 4.74 Å². The van der Waals surface area contributed by atoms with Crippen LogP contribution < -0.4 is 5.73 Å². The summed E-state index contributed by atoms with van der Waals surface area (Å²) in [4.78, 5) is 13.1. The van der Waals surface area contributed by atoms with Gasteiger partial charge in [0.2, 0.25) is 5.91 Å². The van der Waals surface area contributed by atoms with E-state index in [1.165, 1.54) is 4.90 Å². The normalized spacial score (nSPS) is 18.9. The molecule has 1 amide bonds. The predicted molar refractivity (Wildman–Crippen MR) is 67.1 cm³/mol. The summed E-state index contributed by atoms with van der Waals surface area (Å²) in [5.41, 5.74) is 5.76. The van der Waals surface area contributed by atoms with Gasteiger partial charge in [-0.3, -0.25) is 4.79 Å². The third-order valence-electron chi connectivity index (χ3n) is 3.13. The summed E-state index contributed by atoms with van der Waals surface area (Å²) < 4.78 is 39.8. The van der Waals surface area contributed by atoms with Gasteiger partial charge in [-0.1, -0.05) is 0 Å². The van der Waals surface area contributed by atoms with Gasteiger partial charge in [0.05, 0.1) is 0 Å². The molecule has 1 saturated heterocycles. The second kappa shape index (κ2) is 7.91. The summed E-state index contributed by atoms with van der Waals surface area (Å²) in [7, 11) is 0. The maximum Gasteiger partial charge on any atom is 0.411 e. The van der Waals surface area contributed by atoms with Crippen LogP contribution in [0.5, 0.6) is 0 Å². The summed E-state index contributed by atoms with van der Waals surface area (Å²) in [6.45, 7) is 1.12. The summed E-state index contributed by atoms with van der Waals surface area (Å²) >= 11 is 0. The molecule has 1 atom stereocenters. The first-order valence-corrected chi connectivity index (χ1v) is 5.97. The van der Waals surface area contributed by atoms with E-state index in [9.17, 15) is 18.0 Å². The van der Waals surface area contributed by atoms with Crippen LogP contribution in [0.2, 0.25) is 0 Å². The molecule has 0 bridgehead atoms. The molecule has 19 heavy (non-hydrogen) atoms. The minimum Gasteiger partial charge on any atom is -0.362 e. The number of hydrogen-bond acceptors (Lipinski definition) is 3. The largest absolute Gasteiger partial charge is 0.411 e. The topological polar surface area (TPSA) is 55.6 Å². The van der Waals surface area contributed by atoms with Gasteiger partial charge in [-0.25, -0.2) is 0 Å². The Morgan fingerprint density at radius 2 is 1.95 bits per heavy atom. The van der Waals surface area contributed by atoms with E-state index < -0.39 is 19.4 Å². The lowest BCUT2D eigenvalue weighted by Crippen LogP contribution is -2.44. The molecule has 2 N–H and O–H groups in total. The smallest absolute Gasteiger partial charge is 0.362 e. The van der Waals surface area contributed by atoms with Crippen LogP contribution in [0.15, 0.2) is 0 Å².